The molecule has 1 aliphatic heterocycles. The summed E-state index contributed by atoms with van der Waals surface area (Å²) in [7, 11) is 0. The maximum absolute atomic E-state index is 13.1. The summed E-state index contributed by atoms with van der Waals surface area (Å²) in [5.41, 5.74) is 1.75. The molecule has 0 bridgehead atoms. The van der Waals surface area contributed by atoms with Gasteiger partial charge in [0.1, 0.15) is 5.82 Å². The molecule has 1 aromatic carbocycles. The zero-order valence-corrected chi connectivity index (χ0v) is 12.7. The molecule has 22 heavy (non-hydrogen) atoms. The van der Waals surface area contributed by atoms with Gasteiger partial charge >= 0.3 is 0 Å². The van der Waals surface area contributed by atoms with Gasteiger partial charge in [0, 0.05) is 49.2 Å². The fourth-order valence-electron chi connectivity index (χ4n) is 2.87. The summed E-state index contributed by atoms with van der Waals surface area (Å²) >= 11 is 6.06. The average Bonchev–Trinajstić information content (AvgIpc) is 2.83. The predicted octanol–water partition coefficient (Wildman–Crippen LogP) is 2.30. The van der Waals surface area contributed by atoms with E-state index in [1.807, 2.05) is 0 Å². The van der Waals surface area contributed by atoms with Gasteiger partial charge < -0.3 is 5.11 Å². The van der Waals surface area contributed by atoms with Crippen molar-refractivity contribution in [2.24, 2.45) is 5.92 Å². The van der Waals surface area contributed by atoms with Gasteiger partial charge in [-0.2, -0.15) is 0 Å². The molecule has 0 spiro atoms. The molecule has 2 heterocycles. The maximum atomic E-state index is 13.1. The first kappa shape index (κ1) is 15.3. The van der Waals surface area contributed by atoms with E-state index in [1.54, 1.807) is 24.7 Å². The number of aliphatic hydroxyl groups is 1. The van der Waals surface area contributed by atoms with Crippen molar-refractivity contribution < 1.29 is 9.50 Å². The van der Waals surface area contributed by atoms with Crippen molar-refractivity contribution in [1.82, 2.24) is 14.9 Å². The Kier molecular flexibility index (Phi) is 4.66. The van der Waals surface area contributed by atoms with Gasteiger partial charge in [-0.05, 0) is 24.1 Å². The van der Waals surface area contributed by atoms with Crippen LogP contribution in [0.3, 0.4) is 0 Å². The van der Waals surface area contributed by atoms with Crippen LogP contribution >= 0.6 is 11.6 Å². The second-order valence-electron chi connectivity index (χ2n) is 5.66. The largest absolute Gasteiger partial charge is 0.391 e. The van der Waals surface area contributed by atoms with E-state index in [0.29, 0.717) is 24.5 Å². The van der Waals surface area contributed by atoms with E-state index in [9.17, 15) is 9.50 Å². The molecule has 0 aliphatic carbocycles. The van der Waals surface area contributed by atoms with E-state index >= 15 is 0 Å². The summed E-state index contributed by atoms with van der Waals surface area (Å²) in [5.74, 6) is -0.216. The van der Waals surface area contributed by atoms with Crippen LogP contribution in [-0.4, -0.2) is 39.2 Å². The van der Waals surface area contributed by atoms with Crippen LogP contribution in [0.25, 0.3) is 0 Å². The molecule has 6 heteroatoms. The molecule has 0 radical (unpaired) electrons. The normalized spacial score (nSPS) is 22.1. The molecular formula is C16H17ClFN3O. The number of aromatic nitrogens is 2. The van der Waals surface area contributed by atoms with E-state index in [-0.39, 0.29) is 11.7 Å². The first-order valence-electron chi connectivity index (χ1n) is 7.21. The van der Waals surface area contributed by atoms with Crippen molar-refractivity contribution >= 4 is 11.6 Å². The third kappa shape index (κ3) is 3.61. The number of hydrogen-bond acceptors (Lipinski definition) is 4. The lowest BCUT2D eigenvalue weighted by Gasteiger charge is -2.16. The minimum atomic E-state index is -0.402. The highest BCUT2D eigenvalue weighted by Crippen LogP contribution is 2.25. The van der Waals surface area contributed by atoms with Crippen molar-refractivity contribution in [3.05, 3.63) is 58.9 Å². The van der Waals surface area contributed by atoms with E-state index in [0.717, 1.165) is 17.8 Å². The van der Waals surface area contributed by atoms with Gasteiger partial charge in [-0.15, -0.1) is 0 Å². The fourth-order valence-corrected chi connectivity index (χ4v) is 3.09. The number of aliphatic hydroxyl groups excluding tert-OH is 1. The summed E-state index contributed by atoms with van der Waals surface area (Å²) in [4.78, 5) is 10.4. The maximum Gasteiger partial charge on any atom is 0.124 e. The Balaban J connectivity index is 1.63. The second kappa shape index (κ2) is 6.69. The zero-order chi connectivity index (χ0) is 15.5. The van der Waals surface area contributed by atoms with E-state index in [4.69, 9.17) is 11.6 Å². The Labute approximate surface area is 133 Å². The van der Waals surface area contributed by atoms with Crippen LogP contribution in [0.15, 0.2) is 36.8 Å². The Hall–Kier alpha value is -1.56. The molecule has 1 aromatic heterocycles. The molecule has 1 N–H and O–H groups in total. The van der Waals surface area contributed by atoms with Gasteiger partial charge in [0.15, 0.2) is 0 Å². The molecule has 3 rings (SSSR count). The van der Waals surface area contributed by atoms with Crippen molar-refractivity contribution in [2.45, 2.75) is 19.1 Å². The Morgan fingerprint density at radius 1 is 1.32 bits per heavy atom. The number of nitrogens with zero attached hydrogens (tertiary/aromatic N) is 3. The van der Waals surface area contributed by atoms with E-state index < -0.39 is 6.10 Å². The number of rotatable bonds is 4. The first-order valence-corrected chi connectivity index (χ1v) is 7.59. The van der Waals surface area contributed by atoms with Gasteiger partial charge in [0.05, 0.1) is 11.8 Å². The highest BCUT2D eigenvalue weighted by molar-refractivity contribution is 6.31. The van der Waals surface area contributed by atoms with E-state index in [1.165, 1.54) is 12.1 Å². The lowest BCUT2D eigenvalue weighted by Crippen LogP contribution is -2.21. The van der Waals surface area contributed by atoms with Crippen LogP contribution in [-0.2, 0) is 13.0 Å². The zero-order valence-electron chi connectivity index (χ0n) is 12.0. The molecule has 0 saturated carbocycles. The molecular weight excluding hydrogens is 305 g/mol. The Morgan fingerprint density at radius 3 is 2.91 bits per heavy atom. The number of hydrogen-bond donors (Lipinski definition) is 1. The molecule has 1 saturated heterocycles. The summed E-state index contributed by atoms with van der Waals surface area (Å²) in [5, 5.41) is 10.7. The molecule has 2 aromatic rings. The highest BCUT2D eigenvalue weighted by Gasteiger charge is 2.31. The topological polar surface area (TPSA) is 49.2 Å². The van der Waals surface area contributed by atoms with Crippen LogP contribution in [0.4, 0.5) is 4.39 Å². The molecule has 116 valence electrons. The number of β-amino-alcohol motifs (C(OH)–C–C–N with tert-alkyl or cyclic N) is 1. The summed E-state index contributed by atoms with van der Waals surface area (Å²) in [6.45, 7) is 1.94. The van der Waals surface area contributed by atoms with Gasteiger partial charge in [0.25, 0.3) is 0 Å². The van der Waals surface area contributed by atoms with Gasteiger partial charge in [-0.1, -0.05) is 17.7 Å². The fraction of sp³-hybridized carbons (Fsp3) is 0.375. The van der Waals surface area contributed by atoms with Crippen LogP contribution in [0, 0.1) is 11.7 Å². The average molecular weight is 322 g/mol. The van der Waals surface area contributed by atoms with Gasteiger partial charge in [-0.3, -0.25) is 14.9 Å². The van der Waals surface area contributed by atoms with Crippen molar-refractivity contribution in [3.63, 3.8) is 0 Å². The molecule has 0 unspecified atom stereocenters. The summed E-state index contributed by atoms with van der Waals surface area (Å²) in [6.07, 6.45) is 5.32. The first-order chi connectivity index (χ1) is 10.6. The predicted molar refractivity (Wildman–Crippen MR) is 81.9 cm³/mol. The van der Waals surface area contributed by atoms with Crippen molar-refractivity contribution in [2.75, 3.05) is 13.1 Å². The smallest absolute Gasteiger partial charge is 0.124 e. The van der Waals surface area contributed by atoms with Crippen LogP contribution in [0.2, 0.25) is 5.02 Å². The minimum absolute atomic E-state index is 0.121. The standard InChI is InChI=1S/C16H17ClFN3O/c17-15-6-13(18)2-1-11(15)8-21-9-12(16(22)10-21)5-14-7-19-3-4-20-14/h1-4,6-7,12,16,22H,5,8-10H2/t12-,16-/m1/s1. The molecule has 1 aliphatic rings. The van der Waals surface area contributed by atoms with Gasteiger partial charge in [-0.25, -0.2) is 4.39 Å². The summed E-state index contributed by atoms with van der Waals surface area (Å²) < 4.78 is 13.1. The number of likely N-dealkylation sites (tertiary alicyclic amines) is 1. The molecule has 4 nitrogen and oxygen atoms in total. The lowest BCUT2D eigenvalue weighted by atomic mass is 10.0. The van der Waals surface area contributed by atoms with E-state index in [2.05, 4.69) is 14.9 Å². The van der Waals surface area contributed by atoms with Crippen LogP contribution in [0.1, 0.15) is 11.3 Å². The van der Waals surface area contributed by atoms with Gasteiger partial charge in [0.2, 0.25) is 0 Å². The number of halogens is 2. The van der Waals surface area contributed by atoms with Crippen molar-refractivity contribution in [3.8, 4) is 0 Å². The Bertz CT molecular complexity index is 641. The van der Waals surface area contributed by atoms with Crippen LogP contribution in [0.5, 0.6) is 0 Å². The number of benzene rings is 1. The summed E-state index contributed by atoms with van der Waals surface area (Å²) in [6, 6.07) is 4.42. The highest BCUT2D eigenvalue weighted by atomic mass is 35.5. The second-order valence-corrected chi connectivity index (χ2v) is 6.07. The monoisotopic (exact) mass is 321 g/mol. The SMILES string of the molecule is O[C@@H]1CN(Cc2ccc(F)cc2Cl)C[C@H]1Cc1cnccn1. The van der Waals surface area contributed by atoms with Crippen molar-refractivity contribution in [1.29, 1.82) is 0 Å². The molecule has 1 fully saturated rings. The molecule has 2 atom stereocenters. The molecule has 0 amide bonds. The third-order valence-electron chi connectivity index (χ3n) is 3.98. The third-order valence-corrected chi connectivity index (χ3v) is 4.33. The van der Waals surface area contributed by atoms with Crippen LogP contribution < -0.4 is 0 Å². The lowest BCUT2D eigenvalue weighted by molar-refractivity contribution is 0.140. The minimum Gasteiger partial charge on any atom is -0.391 e. The Morgan fingerprint density at radius 2 is 2.18 bits per heavy atom. The quantitative estimate of drug-likeness (QED) is 0.939.